The Balaban J connectivity index is 1.88. The van der Waals surface area contributed by atoms with Gasteiger partial charge in [0.2, 0.25) is 15.9 Å². The van der Waals surface area contributed by atoms with Crippen LogP contribution in [0.1, 0.15) is 17.9 Å². The molecule has 25 heavy (non-hydrogen) atoms. The lowest BCUT2D eigenvalue weighted by Crippen LogP contribution is -2.28. The molecule has 0 spiro atoms. The van der Waals surface area contributed by atoms with E-state index in [1.54, 1.807) is 19.1 Å². The van der Waals surface area contributed by atoms with Crippen LogP contribution >= 0.6 is 0 Å². The number of amides is 1. The number of nitrogens with zero attached hydrogens (tertiary/aromatic N) is 2. The number of sulfonamides is 1. The van der Waals surface area contributed by atoms with Crippen LogP contribution in [0, 0.1) is 13.8 Å². The molecule has 2 aromatic rings. The Kier molecular flexibility index (Phi) is 5.81. The second-order valence-electron chi connectivity index (χ2n) is 5.79. The molecule has 0 saturated carbocycles. The number of hydrogen-bond donors (Lipinski definition) is 2. The van der Waals surface area contributed by atoms with Gasteiger partial charge >= 0.3 is 0 Å². The summed E-state index contributed by atoms with van der Waals surface area (Å²) < 4.78 is 31.7. The van der Waals surface area contributed by atoms with E-state index in [9.17, 15) is 13.2 Å². The van der Waals surface area contributed by atoms with Crippen LogP contribution in [0.5, 0.6) is 0 Å². The first-order valence-corrected chi connectivity index (χ1v) is 9.19. The summed E-state index contributed by atoms with van der Waals surface area (Å²) in [7, 11) is 0.105. The molecular weight excluding hydrogens is 344 g/mol. The summed E-state index contributed by atoms with van der Waals surface area (Å²) in [6, 6.07) is 7.36. The summed E-state index contributed by atoms with van der Waals surface area (Å²) in [6.45, 7) is 3.06. The van der Waals surface area contributed by atoms with Crippen molar-refractivity contribution >= 4 is 27.3 Å². The third-order valence-corrected chi connectivity index (χ3v) is 5.25. The largest absolute Gasteiger partial charge is 0.378 e. The van der Waals surface area contributed by atoms with Crippen molar-refractivity contribution in [1.29, 1.82) is 0 Å². The average Bonchev–Trinajstić information content (AvgIpc) is 2.87. The number of carbonyl (C=O) groups excluding carboxylic acids is 1. The first-order chi connectivity index (χ1) is 11.7. The molecule has 0 aliphatic heterocycles. The van der Waals surface area contributed by atoms with Gasteiger partial charge in [0.25, 0.3) is 0 Å². The molecule has 1 aromatic carbocycles. The molecule has 8 nitrogen and oxygen atoms in total. The third-order valence-electron chi connectivity index (χ3n) is 3.55. The molecule has 1 aromatic heterocycles. The van der Waals surface area contributed by atoms with Crippen molar-refractivity contribution in [3.8, 4) is 0 Å². The lowest BCUT2D eigenvalue weighted by Gasteiger charge is -2.13. The SMILES string of the molecule is Cc1noc(C)c1S(=O)(=O)NCCC(=O)Nc1ccc(N(C)C)cc1. The summed E-state index contributed by atoms with van der Waals surface area (Å²) >= 11 is 0. The van der Waals surface area contributed by atoms with Crippen LogP contribution in [0.15, 0.2) is 33.7 Å². The summed E-state index contributed by atoms with van der Waals surface area (Å²) in [4.78, 5) is 13.9. The van der Waals surface area contributed by atoms with Gasteiger partial charge in [-0.3, -0.25) is 4.79 Å². The normalized spacial score (nSPS) is 11.4. The van der Waals surface area contributed by atoms with Crippen molar-refractivity contribution in [2.24, 2.45) is 0 Å². The topological polar surface area (TPSA) is 105 Å². The molecule has 0 atom stereocenters. The molecule has 0 fully saturated rings. The first kappa shape index (κ1) is 18.9. The highest BCUT2D eigenvalue weighted by atomic mass is 32.2. The van der Waals surface area contributed by atoms with E-state index in [2.05, 4.69) is 15.2 Å². The van der Waals surface area contributed by atoms with E-state index in [4.69, 9.17) is 4.52 Å². The highest BCUT2D eigenvalue weighted by Gasteiger charge is 2.23. The van der Waals surface area contributed by atoms with Crippen LogP contribution in [0.2, 0.25) is 0 Å². The minimum Gasteiger partial charge on any atom is -0.378 e. The maximum absolute atomic E-state index is 12.2. The van der Waals surface area contributed by atoms with E-state index >= 15 is 0 Å². The second-order valence-corrected chi connectivity index (χ2v) is 7.49. The van der Waals surface area contributed by atoms with Crippen molar-refractivity contribution in [3.05, 3.63) is 35.7 Å². The molecule has 0 radical (unpaired) electrons. The molecule has 1 heterocycles. The van der Waals surface area contributed by atoms with Gasteiger partial charge < -0.3 is 14.7 Å². The summed E-state index contributed by atoms with van der Waals surface area (Å²) in [5.41, 5.74) is 1.96. The highest BCUT2D eigenvalue weighted by Crippen LogP contribution is 2.18. The maximum atomic E-state index is 12.2. The molecule has 0 bridgehead atoms. The Hall–Kier alpha value is -2.39. The predicted octanol–water partition coefficient (Wildman–Crippen LogP) is 1.66. The van der Waals surface area contributed by atoms with Crippen molar-refractivity contribution in [2.45, 2.75) is 25.2 Å². The monoisotopic (exact) mass is 366 g/mol. The van der Waals surface area contributed by atoms with Crippen molar-refractivity contribution in [3.63, 3.8) is 0 Å². The number of rotatable bonds is 7. The quantitative estimate of drug-likeness (QED) is 0.772. The van der Waals surface area contributed by atoms with Crippen molar-refractivity contribution in [1.82, 2.24) is 9.88 Å². The smallest absolute Gasteiger partial charge is 0.245 e. The Morgan fingerprint density at radius 3 is 2.36 bits per heavy atom. The Morgan fingerprint density at radius 1 is 1.20 bits per heavy atom. The number of aromatic nitrogens is 1. The standard InChI is InChI=1S/C16H22N4O4S/c1-11-16(12(2)24-19-11)25(22,23)17-10-9-15(21)18-13-5-7-14(8-6-13)20(3)4/h5-8,17H,9-10H2,1-4H3,(H,18,21). The van der Waals surface area contributed by atoms with E-state index in [1.165, 1.54) is 6.92 Å². The van der Waals surface area contributed by atoms with Gasteiger partial charge in [-0.2, -0.15) is 0 Å². The number of hydrogen-bond acceptors (Lipinski definition) is 6. The van der Waals surface area contributed by atoms with Crippen LogP contribution in [0.3, 0.4) is 0 Å². The Labute approximate surface area is 147 Å². The minimum absolute atomic E-state index is 0.0119. The fourth-order valence-corrected chi connectivity index (χ4v) is 3.65. The average molecular weight is 366 g/mol. The molecule has 1 amide bonds. The summed E-state index contributed by atoms with van der Waals surface area (Å²) in [5.74, 6) is -0.0606. The van der Waals surface area contributed by atoms with Crippen LogP contribution in [0.25, 0.3) is 0 Å². The van der Waals surface area contributed by atoms with Gasteiger partial charge in [-0.05, 0) is 38.1 Å². The van der Waals surface area contributed by atoms with Crippen LogP contribution in [-0.4, -0.2) is 40.1 Å². The van der Waals surface area contributed by atoms with Crippen LogP contribution in [-0.2, 0) is 14.8 Å². The zero-order chi connectivity index (χ0) is 18.6. The zero-order valence-corrected chi connectivity index (χ0v) is 15.5. The van der Waals surface area contributed by atoms with E-state index in [-0.39, 0.29) is 35.2 Å². The number of nitrogens with one attached hydrogen (secondary N) is 2. The highest BCUT2D eigenvalue weighted by molar-refractivity contribution is 7.89. The zero-order valence-electron chi connectivity index (χ0n) is 14.7. The van der Waals surface area contributed by atoms with Crippen molar-refractivity contribution in [2.75, 3.05) is 30.9 Å². The molecule has 0 saturated heterocycles. The van der Waals surface area contributed by atoms with Crippen LogP contribution < -0.4 is 14.9 Å². The first-order valence-electron chi connectivity index (χ1n) is 7.70. The van der Waals surface area contributed by atoms with Crippen molar-refractivity contribution < 1.29 is 17.7 Å². The van der Waals surface area contributed by atoms with Gasteiger partial charge in [-0.1, -0.05) is 5.16 Å². The van der Waals surface area contributed by atoms with Gasteiger partial charge in [-0.15, -0.1) is 0 Å². The van der Waals surface area contributed by atoms with Gasteiger partial charge in [0.1, 0.15) is 10.6 Å². The van der Waals surface area contributed by atoms with Gasteiger partial charge in [-0.25, -0.2) is 13.1 Å². The molecule has 2 N–H and O–H groups in total. The molecule has 9 heteroatoms. The number of aryl methyl sites for hydroxylation is 2. The maximum Gasteiger partial charge on any atom is 0.245 e. The summed E-state index contributed by atoms with van der Waals surface area (Å²) in [6.07, 6.45) is 0.0119. The molecule has 0 aliphatic carbocycles. The lowest BCUT2D eigenvalue weighted by atomic mass is 10.2. The molecule has 136 valence electrons. The van der Waals surface area contributed by atoms with Crippen LogP contribution in [0.4, 0.5) is 11.4 Å². The number of carbonyl (C=O) groups is 1. The van der Waals surface area contributed by atoms with Gasteiger partial charge in [0.15, 0.2) is 5.76 Å². The predicted molar refractivity (Wildman–Crippen MR) is 95.2 cm³/mol. The van der Waals surface area contributed by atoms with E-state index < -0.39 is 10.0 Å². The lowest BCUT2D eigenvalue weighted by molar-refractivity contribution is -0.116. The van der Waals surface area contributed by atoms with Gasteiger partial charge in [0.05, 0.1) is 0 Å². The fraction of sp³-hybridized carbons (Fsp3) is 0.375. The van der Waals surface area contributed by atoms with E-state index in [0.717, 1.165) is 5.69 Å². The fourth-order valence-electron chi connectivity index (χ4n) is 2.30. The van der Waals surface area contributed by atoms with E-state index in [1.807, 2.05) is 31.1 Å². The van der Waals surface area contributed by atoms with E-state index in [0.29, 0.717) is 5.69 Å². The third kappa shape index (κ3) is 4.80. The second kappa shape index (κ2) is 7.66. The Bertz CT molecular complexity index is 822. The molecule has 0 aliphatic rings. The molecule has 0 unspecified atom stereocenters. The number of anilines is 2. The van der Waals surface area contributed by atoms with Gasteiger partial charge in [0, 0.05) is 38.4 Å². The summed E-state index contributed by atoms with van der Waals surface area (Å²) in [5, 5.41) is 6.35. The molecular formula is C16H22N4O4S. The Morgan fingerprint density at radius 2 is 1.84 bits per heavy atom. The molecule has 2 rings (SSSR count). The number of benzene rings is 1. The minimum atomic E-state index is -3.75.